The van der Waals surface area contributed by atoms with Crippen molar-refractivity contribution in [2.45, 2.75) is 56.9 Å². The predicted molar refractivity (Wildman–Crippen MR) is 156 cm³/mol. The Morgan fingerprint density at radius 1 is 1.30 bits per heavy atom. The average molecular weight is 650 g/mol. The number of fused-ring (bicyclic) bond motifs is 1. The maximum atomic E-state index is 13.0. The largest absolute Gasteiger partial charge is 0.490 e. The van der Waals surface area contributed by atoms with Gasteiger partial charge in [0.05, 0.1) is 30.6 Å². The number of esters is 1. The van der Waals surface area contributed by atoms with E-state index < -0.39 is 36.8 Å². The van der Waals surface area contributed by atoms with Crippen molar-refractivity contribution in [1.29, 1.82) is 5.26 Å². The normalized spacial score (nSPS) is 21.5. The first-order valence-corrected chi connectivity index (χ1v) is 14.7. The van der Waals surface area contributed by atoms with Gasteiger partial charge in [0.1, 0.15) is 11.6 Å². The summed E-state index contributed by atoms with van der Waals surface area (Å²) in [5.74, 6) is -2.99. The fourth-order valence-electron chi connectivity index (χ4n) is 6.02. The van der Waals surface area contributed by atoms with Crippen LogP contribution >= 0.6 is 23.2 Å². The molecule has 1 unspecified atom stereocenters. The van der Waals surface area contributed by atoms with Crippen LogP contribution in [-0.2, 0) is 14.3 Å². The number of aromatic nitrogens is 4. The third-order valence-corrected chi connectivity index (χ3v) is 8.74. The van der Waals surface area contributed by atoms with Crippen LogP contribution in [0, 0.1) is 17.2 Å². The molecule has 3 heterocycles. The van der Waals surface area contributed by atoms with Gasteiger partial charge in [0.15, 0.2) is 11.3 Å². The Balaban J connectivity index is 1.50. The van der Waals surface area contributed by atoms with Crippen LogP contribution in [0.3, 0.4) is 0 Å². The van der Waals surface area contributed by atoms with Crippen LogP contribution in [0.15, 0.2) is 30.5 Å². The summed E-state index contributed by atoms with van der Waals surface area (Å²) in [6.45, 7) is 1.93. The van der Waals surface area contributed by atoms with Gasteiger partial charge in [0.25, 0.3) is 0 Å². The number of alkyl halides is 3. The molecule has 4 atom stereocenters. The van der Waals surface area contributed by atoms with E-state index in [1.165, 1.54) is 6.20 Å². The smallest absolute Gasteiger partial charge is 0.459 e. The number of carbonyl (C=O) groups excluding carboxylic acids is 2. The van der Waals surface area contributed by atoms with Crippen LogP contribution in [0.2, 0.25) is 10.0 Å². The topological polar surface area (TPSA) is 126 Å². The van der Waals surface area contributed by atoms with Crippen molar-refractivity contribution in [2.75, 3.05) is 20.2 Å². The Hall–Kier alpha value is -3.73. The summed E-state index contributed by atoms with van der Waals surface area (Å²) in [7, 11) is 1.54. The second-order valence-corrected chi connectivity index (χ2v) is 11.6. The monoisotopic (exact) mass is 649 g/mol. The number of nitrogens with zero attached hydrogens (tertiary/aromatic N) is 6. The van der Waals surface area contributed by atoms with E-state index in [1.807, 2.05) is 24.0 Å². The van der Waals surface area contributed by atoms with Crippen LogP contribution in [0.25, 0.3) is 16.7 Å². The molecule has 10 nitrogen and oxygen atoms in total. The number of nitriles is 1. The molecule has 1 aliphatic carbocycles. The van der Waals surface area contributed by atoms with Gasteiger partial charge in [-0.2, -0.15) is 23.5 Å². The zero-order valence-electron chi connectivity index (χ0n) is 23.7. The minimum absolute atomic E-state index is 0.0693. The summed E-state index contributed by atoms with van der Waals surface area (Å²) in [4.78, 5) is 35.5. The molecule has 1 saturated heterocycles. The number of halogens is 5. The van der Waals surface area contributed by atoms with Gasteiger partial charge in [0, 0.05) is 29.1 Å². The Morgan fingerprint density at radius 3 is 2.75 bits per heavy atom. The Morgan fingerprint density at radius 2 is 2.07 bits per heavy atom. The molecule has 15 heteroatoms. The molecule has 1 N–H and O–H groups in total. The highest BCUT2D eigenvalue weighted by molar-refractivity contribution is 6.35. The number of allylic oxidation sites excluding steroid dienone is 1. The molecule has 44 heavy (non-hydrogen) atoms. The van der Waals surface area contributed by atoms with E-state index in [1.54, 1.807) is 29.9 Å². The molecule has 232 valence electrons. The highest BCUT2D eigenvalue weighted by Crippen LogP contribution is 2.38. The Bertz CT molecular complexity index is 1670. The minimum Gasteiger partial charge on any atom is -0.459 e. The van der Waals surface area contributed by atoms with Crippen LogP contribution < -0.4 is 5.32 Å². The zero-order chi connectivity index (χ0) is 31.8. The van der Waals surface area contributed by atoms with Crippen molar-refractivity contribution in [3.63, 3.8) is 0 Å². The lowest BCUT2D eigenvalue weighted by molar-refractivity contribution is -0.201. The molecule has 0 spiro atoms. The molecule has 2 aromatic heterocycles. The SMILES string of the molecule is CNC(=O)C1CCCN1[C@H]1CC=C(c2cnc3c(C#N)nn([C@H](C)c4ccc(Cl)cc4Cl)c3n2)C[C@H]1COC(=O)C(F)(F)F. The second kappa shape index (κ2) is 12.7. The fraction of sp³-hybridized carbons (Fsp3) is 0.448. The van der Waals surface area contributed by atoms with Crippen molar-refractivity contribution in [2.24, 2.45) is 5.92 Å². The van der Waals surface area contributed by atoms with Crippen LogP contribution in [0.5, 0.6) is 0 Å². The van der Waals surface area contributed by atoms with E-state index in [9.17, 15) is 28.0 Å². The summed E-state index contributed by atoms with van der Waals surface area (Å²) in [6.07, 6.45) is 0.254. The van der Waals surface area contributed by atoms with Gasteiger partial charge < -0.3 is 10.1 Å². The van der Waals surface area contributed by atoms with E-state index in [0.717, 1.165) is 6.42 Å². The van der Waals surface area contributed by atoms with E-state index >= 15 is 0 Å². The lowest BCUT2D eigenvalue weighted by atomic mass is 9.82. The third-order valence-electron chi connectivity index (χ3n) is 8.18. The molecule has 1 amide bonds. The number of likely N-dealkylation sites (tertiary alicyclic amines) is 1. The summed E-state index contributed by atoms with van der Waals surface area (Å²) in [6, 6.07) is 5.86. The van der Waals surface area contributed by atoms with Gasteiger partial charge in [-0.3, -0.25) is 9.69 Å². The highest BCUT2D eigenvalue weighted by Gasteiger charge is 2.44. The molecule has 0 radical (unpaired) electrons. The summed E-state index contributed by atoms with van der Waals surface area (Å²) < 4.78 is 45.3. The number of hydrogen-bond donors (Lipinski definition) is 1. The lowest BCUT2D eigenvalue weighted by Gasteiger charge is -2.39. The fourth-order valence-corrected chi connectivity index (χ4v) is 6.59. The van der Waals surface area contributed by atoms with E-state index in [0.29, 0.717) is 51.9 Å². The van der Waals surface area contributed by atoms with Crippen LogP contribution in [-0.4, -0.2) is 75.0 Å². The molecule has 2 aliphatic rings. The van der Waals surface area contributed by atoms with Crippen molar-refractivity contribution in [3.8, 4) is 6.07 Å². The Labute approximate surface area is 260 Å². The summed E-state index contributed by atoms with van der Waals surface area (Å²) in [5.41, 5.74) is 2.48. The van der Waals surface area contributed by atoms with Crippen LogP contribution in [0.4, 0.5) is 13.2 Å². The number of benzene rings is 1. The highest BCUT2D eigenvalue weighted by atomic mass is 35.5. The van der Waals surface area contributed by atoms with Gasteiger partial charge in [0.2, 0.25) is 5.91 Å². The average Bonchev–Trinajstić information content (AvgIpc) is 3.63. The van der Waals surface area contributed by atoms with Crippen molar-refractivity contribution in [3.05, 3.63) is 57.5 Å². The minimum atomic E-state index is -5.13. The van der Waals surface area contributed by atoms with Gasteiger partial charge in [-0.1, -0.05) is 35.3 Å². The Kier molecular flexibility index (Phi) is 9.15. The quantitative estimate of drug-likeness (QED) is 0.351. The number of ether oxygens (including phenoxy) is 1. The maximum absolute atomic E-state index is 13.0. The number of nitrogens with one attached hydrogen (secondary N) is 1. The lowest BCUT2D eigenvalue weighted by Crippen LogP contribution is -2.51. The first-order valence-electron chi connectivity index (χ1n) is 13.9. The van der Waals surface area contributed by atoms with Crippen molar-refractivity contribution < 1.29 is 27.5 Å². The zero-order valence-corrected chi connectivity index (χ0v) is 25.2. The molecule has 5 rings (SSSR count). The maximum Gasteiger partial charge on any atom is 0.490 e. The number of amides is 1. The molecule has 1 fully saturated rings. The predicted octanol–water partition coefficient (Wildman–Crippen LogP) is 5.09. The summed E-state index contributed by atoms with van der Waals surface area (Å²) in [5, 5.41) is 17.7. The molecule has 1 aromatic carbocycles. The first kappa shape index (κ1) is 31.7. The van der Waals surface area contributed by atoms with Gasteiger partial charge in [-0.05, 0) is 62.4 Å². The number of carbonyl (C=O) groups is 2. The van der Waals surface area contributed by atoms with Gasteiger partial charge in [-0.15, -0.1) is 0 Å². The summed E-state index contributed by atoms with van der Waals surface area (Å²) >= 11 is 12.5. The standard InChI is InChI=1S/C29H28Cl2F3N7O3/c1-15(19-7-6-18(30)11-20(19)31)41-26-25(21(12-35)39-41)37-13-22(38-26)16-5-8-23(40-9-3-4-24(40)27(42)36-2)17(10-16)14-44-28(43)29(32,33)34/h5-7,11,13,15,17,23-24H,3-4,8-10,14H2,1-2H3,(H,36,42)/t15-,17+,23+,24?/m1/s1. The molecule has 0 bridgehead atoms. The number of hydrogen-bond acceptors (Lipinski definition) is 8. The third kappa shape index (κ3) is 6.24. The van der Waals surface area contributed by atoms with Gasteiger partial charge >= 0.3 is 12.1 Å². The molecule has 1 aliphatic heterocycles. The van der Waals surface area contributed by atoms with Crippen LogP contribution in [0.1, 0.15) is 55.6 Å². The van der Waals surface area contributed by atoms with E-state index in [4.69, 9.17) is 32.9 Å². The molecule has 3 aromatic rings. The van der Waals surface area contributed by atoms with Crippen molar-refractivity contribution in [1.82, 2.24) is 30.0 Å². The second-order valence-electron chi connectivity index (χ2n) is 10.8. The van der Waals surface area contributed by atoms with Crippen molar-refractivity contribution >= 4 is 51.8 Å². The molecular weight excluding hydrogens is 622 g/mol. The number of likely N-dealkylation sites (N-methyl/N-ethyl adjacent to an activating group) is 1. The number of rotatable bonds is 7. The van der Waals surface area contributed by atoms with E-state index in [2.05, 4.69) is 15.4 Å². The molecule has 0 saturated carbocycles. The molecular formula is C29H28Cl2F3N7O3. The van der Waals surface area contributed by atoms with E-state index in [-0.39, 0.29) is 29.6 Å². The first-order chi connectivity index (χ1) is 20.9. The van der Waals surface area contributed by atoms with Gasteiger partial charge in [-0.25, -0.2) is 19.4 Å².